The monoisotopic (exact) mass is 642 g/mol. The van der Waals surface area contributed by atoms with E-state index in [9.17, 15) is 24.0 Å². The number of nitrogens with one attached hydrogen (secondary N) is 1. The van der Waals surface area contributed by atoms with Crippen LogP contribution in [0.2, 0.25) is 0 Å². The Hall–Kier alpha value is -4.99. The number of rotatable bonds is 18. The fourth-order valence-corrected chi connectivity index (χ4v) is 5.40. The van der Waals surface area contributed by atoms with Gasteiger partial charge in [-0.25, -0.2) is 14.2 Å². The number of benzene rings is 3. The second-order valence-corrected chi connectivity index (χ2v) is 11.4. The number of ketones is 1. The number of Topliss-reactive ketones (excluding diaryl/α,β-unsaturated/α-hetero) is 1. The highest BCUT2D eigenvalue weighted by Crippen LogP contribution is 2.28. The van der Waals surface area contributed by atoms with Gasteiger partial charge in [0.2, 0.25) is 0 Å². The van der Waals surface area contributed by atoms with Crippen molar-refractivity contribution in [2.24, 2.45) is 0 Å². The topological polar surface area (TPSA) is 134 Å². The molecule has 0 aliphatic carbocycles. The molecule has 47 heavy (non-hydrogen) atoms. The summed E-state index contributed by atoms with van der Waals surface area (Å²) in [7, 11) is 1.38. The smallest absolute Gasteiger partial charge is 0.423 e. The van der Waals surface area contributed by atoms with E-state index in [1.807, 2.05) is 0 Å². The molecule has 0 spiro atoms. The van der Waals surface area contributed by atoms with Crippen LogP contribution in [0.4, 0.5) is 5.69 Å². The normalized spacial score (nSPS) is 11.6. The van der Waals surface area contributed by atoms with E-state index in [-0.39, 0.29) is 40.1 Å². The Balaban J connectivity index is 1.48. The first-order valence-corrected chi connectivity index (χ1v) is 16.2. The van der Waals surface area contributed by atoms with Gasteiger partial charge in [-0.3, -0.25) is 14.4 Å². The van der Waals surface area contributed by atoms with Crippen LogP contribution in [0.15, 0.2) is 86.8 Å². The quantitative estimate of drug-likeness (QED) is 0.0526. The van der Waals surface area contributed by atoms with Gasteiger partial charge >= 0.3 is 11.7 Å². The number of esters is 1. The lowest BCUT2D eigenvalue weighted by molar-refractivity contribution is -0.118. The van der Waals surface area contributed by atoms with Crippen LogP contribution < -0.4 is 21.4 Å². The molecule has 248 valence electrons. The molecule has 4 rings (SSSR count). The number of fused-ring (bicyclic) bond motifs is 1. The number of aromatic nitrogens is 1. The first-order valence-electron chi connectivity index (χ1n) is 16.2. The molecule has 1 amide bonds. The Bertz CT molecular complexity index is 1780. The lowest BCUT2D eigenvalue weighted by atomic mass is 10.0. The number of nitrogens with zero attached hydrogens (tertiary/aromatic N) is 1. The molecule has 0 aliphatic rings. The summed E-state index contributed by atoms with van der Waals surface area (Å²) in [5.41, 5.74) is -0.534. The average molecular weight is 643 g/mol. The third-order valence-electron chi connectivity index (χ3n) is 7.97. The van der Waals surface area contributed by atoms with Crippen LogP contribution in [0.3, 0.4) is 0 Å². The number of anilines is 1. The molecule has 1 N–H and O–H groups in total. The second-order valence-electron chi connectivity index (χ2n) is 11.4. The summed E-state index contributed by atoms with van der Waals surface area (Å²) in [6.45, 7) is 2.47. The van der Waals surface area contributed by atoms with Gasteiger partial charge in [0.25, 0.3) is 11.5 Å². The molecule has 1 atom stereocenters. The van der Waals surface area contributed by atoms with E-state index in [2.05, 4.69) is 12.2 Å². The number of carbonyl (C=O) groups excluding carboxylic acids is 3. The molecule has 0 bridgehead atoms. The van der Waals surface area contributed by atoms with Crippen LogP contribution in [0.25, 0.3) is 11.0 Å². The number of hydrogen-bond donors (Lipinski definition) is 1. The summed E-state index contributed by atoms with van der Waals surface area (Å²) in [6, 6.07) is 16.3. The third-order valence-corrected chi connectivity index (χ3v) is 7.97. The molecular weight excluding hydrogens is 600 g/mol. The number of ether oxygens (including phenoxy) is 2. The maximum atomic E-state index is 13.9. The van der Waals surface area contributed by atoms with E-state index < -0.39 is 35.0 Å². The predicted octanol–water partition coefficient (Wildman–Crippen LogP) is 7.10. The summed E-state index contributed by atoms with van der Waals surface area (Å²) >= 11 is 0. The van der Waals surface area contributed by atoms with Gasteiger partial charge in [0, 0.05) is 5.56 Å². The maximum absolute atomic E-state index is 13.9. The number of carbonyl (C=O) groups is 3. The van der Waals surface area contributed by atoms with Crippen LogP contribution in [-0.2, 0) is 9.53 Å². The van der Waals surface area contributed by atoms with E-state index in [1.54, 1.807) is 30.3 Å². The van der Waals surface area contributed by atoms with Gasteiger partial charge in [-0.15, -0.1) is 0 Å². The van der Waals surface area contributed by atoms with Crippen molar-refractivity contribution in [3.05, 3.63) is 105 Å². The van der Waals surface area contributed by atoms with Crippen LogP contribution in [0.5, 0.6) is 5.75 Å². The molecule has 0 fully saturated rings. The fourth-order valence-electron chi connectivity index (χ4n) is 5.40. The van der Waals surface area contributed by atoms with Crippen molar-refractivity contribution in [1.82, 2.24) is 4.57 Å². The van der Waals surface area contributed by atoms with Crippen molar-refractivity contribution < 1.29 is 28.3 Å². The zero-order valence-electron chi connectivity index (χ0n) is 27.0. The van der Waals surface area contributed by atoms with Gasteiger partial charge in [-0.1, -0.05) is 107 Å². The van der Waals surface area contributed by atoms with E-state index in [0.29, 0.717) is 4.57 Å². The summed E-state index contributed by atoms with van der Waals surface area (Å²) in [6.07, 6.45) is 11.6. The first kappa shape index (κ1) is 34.9. The Labute approximate surface area is 273 Å². The van der Waals surface area contributed by atoms with Crippen molar-refractivity contribution in [1.29, 1.82) is 0 Å². The van der Waals surface area contributed by atoms with Crippen molar-refractivity contribution >= 4 is 34.3 Å². The van der Waals surface area contributed by atoms with Gasteiger partial charge in [0.1, 0.15) is 11.3 Å². The van der Waals surface area contributed by atoms with Gasteiger partial charge in [0.05, 0.1) is 30.4 Å². The van der Waals surface area contributed by atoms with Gasteiger partial charge < -0.3 is 19.2 Å². The molecular formula is C37H42N2O8. The number of unbranched alkanes of at least 4 members (excludes halogenated alkanes) is 9. The summed E-state index contributed by atoms with van der Waals surface area (Å²) in [4.78, 5) is 67.0. The molecule has 10 heteroatoms. The molecule has 0 saturated heterocycles. The van der Waals surface area contributed by atoms with Crippen molar-refractivity contribution in [3.63, 3.8) is 0 Å². The molecule has 4 aromatic rings. The zero-order chi connectivity index (χ0) is 33.6. The fraction of sp³-hybridized carbons (Fsp3) is 0.378. The van der Waals surface area contributed by atoms with Crippen LogP contribution in [0, 0.1) is 0 Å². The standard InChI is InChI=1S/C37H42N2O8/c1-3-4-5-6-7-8-9-10-11-17-24-46-36(43)27-22-23-31(45-2)29(25-27)38-34(41)32(33(40)26-18-13-12-14-19-26)39-35(42)28-20-15-16-21-30(28)47-37(39)44/h12-16,18-23,25,32H,3-11,17,24H2,1-2H3,(H,38,41). The largest absolute Gasteiger partial charge is 0.495 e. The molecule has 10 nitrogen and oxygen atoms in total. The number of hydrogen-bond acceptors (Lipinski definition) is 8. The lowest BCUT2D eigenvalue weighted by Gasteiger charge is -2.19. The second kappa shape index (κ2) is 17.6. The Morgan fingerprint density at radius 2 is 1.43 bits per heavy atom. The maximum Gasteiger partial charge on any atom is 0.423 e. The predicted molar refractivity (Wildman–Crippen MR) is 180 cm³/mol. The first-order chi connectivity index (χ1) is 22.8. The van der Waals surface area contributed by atoms with Crippen LogP contribution in [0.1, 0.15) is 97.9 Å². The Kier molecular flexibility index (Phi) is 13.1. The lowest BCUT2D eigenvalue weighted by Crippen LogP contribution is -2.44. The SMILES string of the molecule is CCCCCCCCCCCCOC(=O)c1ccc(OC)c(NC(=O)C(C(=O)c2ccccc2)n2c(=O)oc3ccccc3c2=O)c1. The van der Waals surface area contributed by atoms with Gasteiger partial charge in [-0.05, 0) is 36.8 Å². The molecule has 1 heterocycles. The van der Waals surface area contributed by atoms with Gasteiger partial charge in [-0.2, -0.15) is 0 Å². The molecule has 0 saturated carbocycles. The zero-order valence-corrected chi connectivity index (χ0v) is 27.0. The Morgan fingerprint density at radius 3 is 2.11 bits per heavy atom. The van der Waals surface area contributed by atoms with Crippen molar-refractivity contribution in [3.8, 4) is 5.75 Å². The van der Waals surface area contributed by atoms with Crippen LogP contribution in [-0.4, -0.2) is 35.9 Å². The van der Waals surface area contributed by atoms with Gasteiger partial charge in [0.15, 0.2) is 11.8 Å². The molecule has 0 aliphatic heterocycles. The average Bonchev–Trinajstić information content (AvgIpc) is 3.09. The van der Waals surface area contributed by atoms with E-state index in [4.69, 9.17) is 13.9 Å². The molecule has 3 aromatic carbocycles. The number of para-hydroxylation sites is 1. The highest BCUT2D eigenvalue weighted by molar-refractivity contribution is 6.15. The number of methoxy groups -OCH3 is 1. The van der Waals surface area contributed by atoms with Crippen molar-refractivity contribution in [2.75, 3.05) is 19.0 Å². The minimum absolute atomic E-state index is 0.0236. The molecule has 1 aromatic heterocycles. The van der Waals surface area contributed by atoms with E-state index in [0.717, 1.165) is 19.3 Å². The number of amides is 1. The molecule has 1 unspecified atom stereocenters. The summed E-state index contributed by atoms with van der Waals surface area (Å²) in [5.74, 6) is -3.37. The van der Waals surface area contributed by atoms with E-state index in [1.165, 1.54) is 94.5 Å². The highest BCUT2D eigenvalue weighted by Gasteiger charge is 2.34. The highest BCUT2D eigenvalue weighted by atomic mass is 16.5. The van der Waals surface area contributed by atoms with Crippen molar-refractivity contribution in [2.45, 2.75) is 77.2 Å². The summed E-state index contributed by atoms with van der Waals surface area (Å²) < 4.78 is 16.7. The Morgan fingerprint density at radius 1 is 0.787 bits per heavy atom. The van der Waals surface area contributed by atoms with Crippen LogP contribution >= 0.6 is 0 Å². The van der Waals surface area contributed by atoms with E-state index >= 15 is 0 Å². The third kappa shape index (κ3) is 9.28. The summed E-state index contributed by atoms with van der Waals surface area (Å²) in [5, 5.41) is 2.61. The molecule has 0 radical (unpaired) electrons. The minimum Gasteiger partial charge on any atom is -0.495 e. The minimum atomic E-state index is -1.93.